The fraction of sp³-hybridized carbons (Fsp3) is 0.357. The second kappa shape index (κ2) is 11.8. The van der Waals surface area contributed by atoms with Crippen LogP contribution in [-0.4, -0.2) is 63.9 Å². The van der Waals surface area contributed by atoms with Crippen LogP contribution in [0.3, 0.4) is 0 Å². The van der Waals surface area contributed by atoms with Crippen LogP contribution in [0.1, 0.15) is 25.3 Å². The standard InChI is InChI=1S/C28H33N3O6S/c1-19(32)29-25(17-21-11-12-23(36-2)18-26(21)37-3)28(33)30-22-13-15-31(16-14-22)38(34,35)27-10-6-8-20-7-4-5-9-24(20)27/h4-12,18,22,25H,13-17H2,1-3H3,(H,29,32)(H,30,33). The summed E-state index contributed by atoms with van der Waals surface area (Å²) in [6.07, 6.45) is 1.16. The van der Waals surface area contributed by atoms with E-state index in [1.165, 1.54) is 18.3 Å². The number of hydrogen-bond acceptors (Lipinski definition) is 6. The van der Waals surface area contributed by atoms with Crippen LogP contribution >= 0.6 is 0 Å². The maximum atomic E-state index is 13.4. The van der Waals surface area contributed by atoms with E-state index >= 15 is 0 Å². The van der Waals surface area contributed by atoms with Crippen molar-refractivity contribution in [3.8, 4) is 11.5 Å². The highest BCUT2D eigenvalue weighted by atomic mass is 32.2. The molecule has 1 aliphatic heterocycles. The number of methoxy groups -OCH3 is 2. The number of sulfonamides is 1. The van der Waals surface area contributed by atoms with Gasteiger partial charge in [-0.3, -0.25) is 9.59 Å². The fourth-order valence-electron chi connectivity index (χ4n) is 4.80. The predicted molar refractivity (Wildman–Crippen MR) is 145 cm³/mol. The van der Waals surface area contributed by atoms with E-state index in [2.05, 4.69) is 10.6 Å². The summed E-state index contributed by atoms with van der Waals surface area (Å²) in [5, 5.41) is 7.29. The number of carbonyl (C=O) groups excluding carboxylic acids is 2. The van der Waals surface area contributed by atoms with Gasteiger partial charge in [0.1, 0.15) is 17.5 Å². The third-order valence-corrected chi connectivity index (χ3v) is 8.74. The zero-order chi connectivity index (χ0) is 27.3. The molecule has 0 spiro atoms. The van der Waals surface area contributed by atoms with E-state index in [1.807, 2.05) is 30.3 Å². The average Bonchev–Trinajstić information content (AvgIpc) is 2.92. The lowest BCUT2D eigenvalue weighted by atomic mass is 10.0. The van der Waals surface area contributed by atoms with Gasteiger partial charge in [-0.15, -0.1) is 0 Å². The van der Waals surface area contributed by atoms with Gasteiger partial charge in [0.25, 0.3) is 0 Å². The molecule has 202 valence electrons. The summed E-state index contributed by atoms with van der Waals surface area (Å²) in [6, 6.07) is 17.0. The van der Waals surface area contributed by atoms with Crippen molar-refractivity contribution < 1.29 is 27.5 Å². The number of ether oxygens (including phenoxy) is 2. The molecule has 0 radical (unpaired) electrons. The molecule has 1 unspecified atom stereocenters. The monoisotopic (exact) mass is 539 g/mol. The quantitative estimate of drug-likeness (QED) is 0.432. The van der Waals surface area contributed by atoms with Crippen LogP contribution in [0.25, 0.3) is 10.8 Å². The van der Waals surface area contributed by atoms with Crippen molar-refractivity contribution in [3.63, 3.8) is 0 Å². The van der Waals surface area contributed by atoms with Crippen molar-refractivity contribution in [1.29, 1.82) is 0 Å². The Hall–Kier alpha value is -3.63. The largest absolute Gasteiger partial charge is 0.497 e. The van der Waals surface area contributed by atoms with Gasteiger partial charge in [-0.1, -0.05) is 42.5 Å². The first-order chi connectivity index (χ1) is 18.2. The first-order valence-corrected chi connectivity index (χ1v) is 13.9. The number of fused-ring (bicyclic) bond motifs is 1. The van der Waals surface area contributed by atoms with Gasteiger partial charge in [0, 0.05) is 43.9 Å². The van der Waals surface area contributed by atoms with Gasteiger partial charge in [0.2, 0.25) is 21.8 Å². The Balaban J connectivity index is 1.42. The van der Waals surface area contributed by atoms with E-state index in [4.69, 9.17) is 9.47 Å². The Kier molecular flexibility index (Phi) is 8.53. The van der Waals surface area contributed by atoms with Gasteiger partial charge in [-0.05, 0) is 35.9 Å². The van der Waals surface area contributed by atoms with E-state index < -0.39 is 16.1 Å². The summed E-state index contributed by atoms with van der Waals surface area (Å²) in [5.74, 6) is 0.526. The summed E-state index contributed by atoms with van der Waals surface area (Å²) in [6.45, 7) is 1.93. The number of amides is 2. The van der Waals surface area contributed by atoms with Gasteiger partial charge in [-0.2, -0.15) is 4.31 Å². The molecular weight excluding hydrogens is 506 g/mol. The molecule has 1 saturated heterocycles. The molecule has 0 aliphatic carbocycles. The third-order valence-electron chi connectivity index (χ3n) is 6.78. The molecule has 3 aromatic carbocycles. The van der Waals surface area contributed by atoms with Crippen LogP contribution in [0.5, 0.6) is 11.5 Å². The fourth-order valence-corrected chi connectivity index (χ4v) is 6.48. The number of nitrogens with zero attached hydrogens (tertiary/aromatic N) is 1. The van der Waals surface area contributed by atoms with E-state index in [1.54, 1.807) is 37.4 Å². The number of carbonyl (C=O) groups is 2. The summed E-state index contributed by atoms with van der Waals surface area (Å²) in [4.78, 5) is 25.3. The average molecular weight is 540 g/mol. The zero-order valence-electron chi connectivity index (χ0n) is 21.8. The minimum absolute atomic E-state index is 0.213. The van der Waals surface area contributed by atoms with E-state index in [0.717, 1.165) is 10.9 Å². The maximum Gasteiger partial charge on any atom is 0.243 e. The number of hydrogen-bond donors (Lipinski definition) is 2. The summed E-state index contributed by atoms with van der Waals surface area (Å²) >= 11 is 0. The number of rotatable bonds is 9. The van der Waals surface area contributed by atoms with Crippen LogP contribution < -0.4 is 20.1 Å². The summed E-state index contributed by atoms with van der Waals surface area (Å²) in [5.41, 5.74) is 0.748. The van der Waals surface area contributed by atoms with Crippen LogP contribution in [-0.2, 0) is 26.0 Å². The SMILES string of the molecule is COc1ccc(CC(NC(C)=O)C(=O)NC2CCN(S(=O)(=O)c3cccc4ccccc34)CC2)c(OC)c1. The number of nitrogens with one attached hydrogen (secondary N) is 2. The summed E-state index contributed by atoms with van der Waals surface area (Å²) < 4.78 is 39.0. The number of benzene rings is 3. The van der Waals surface area contributed by atoms with Crippen molar-refractivity contribution in [2.24, 2.45) is 0 Å². The molecule has 9 nitrogen and oxygen atoms in total. The van der Waals surface area contributed by atoms with Crippen LogP contribution in [0.2, 0.25) is 0 Å². The van der Waals surface area contributed by atoms with Gasteiger partial charge in [0.05, 0.1) is 19.1 Å². The van der Waals surface area contributed by atoms with Crippen molar-refractivity contribution in [3.05, 3.63) is 66.2 Å². The Bertz CT molecular complexity index is 1410. The highest BCUT2D eigenvalue weighted by Crippen LogP contribution is 2.28. The van der Waals surface area contributed by atoms with Crippen LogP contribution in [0, 0.1) is 0 Å². The topological polar surface area (TPSA) is 114 Å². The smallest absolute Gasteiger partial charge is 0.243 e. The Morgan fingerprint density at radius 3 is 2.39 bits per heavy atom. The van der Waals surface area contributed by atoms with Gasteiger partial charge < -0.3 is 20.1 Å². The van der Waals surface area contributed by atoms with E-state index in [0.29, 0.717) is 29.7 Å². The minimum atomic E-state index is -3.69. The third kappa shape index (κ3) is 6.08. The van der Waals surface area contributed by atoms with Gasteiger partial charge in [0.15, 0.2) is 0 Å². The summed E-state index contributed by atoms with van der Waals surface area (Å²) in [7, 11) is -0.598. The van der Waals surface area contributed by atoms with Crippen molar-refractivity contribution in [1.82, 2.24) is 14.9 Å². The second-order valence-electron chi connectivity index (χ2n) is 9.30. The lowest BCUT2D eigenvalue weighted by molar-refractivity contribution is -0.128. The molecule has 0 bridgehead atoms. The zero-order valence-corrected chi connectivity index (χ0v) is 22.6. The highest BCUT2D eigenvalue weighted by Gasteiger charge is 2.32. The minimum Gasteiger partial charge on any atom is -0.497 e. The van der Waals surface area contributed by atoms with Crippen LogP contribution in [0.15, 0.2) is 65.6 Å². The molecule has 3 aromatic rings. The molecule has 0 aromatic heterocycles. The normalized spacial score (nSPS) is 15.6. The molecule has 10 heteroatoms. The molecule has 1 atom stereocenters. The predicted octanol–water partition coefficient (Wildman–Crippen LogP) is 2.87. The van der Waals surface area contributed by atoms with Gasteiger partial charge >= 0.3 is 0 Å². The van der Waals surface area contributed by atoms with Crippen molar-refractivity contribution >= 4 is 32.6 Å². The molecule has 1 heterocycles. The van der Waals surface area contributed by atoms with Crippen LogP contribution in [0.4, 0.5) is 0 Å². The second-order valence-corrected chi connectivity index (χ2v) is 11.2. The first kappa shape index (κ1) is 27.4. The molecule has 1 fully saturated rings. The Morgan fingerprint density at radius 1 is 1.00 bits per heavy atom. The lowest BCUT2D eigenvalue weighted by Gasteiger charge is -2.32. The lowest BCUT2D eigenvalue weighted by Crippen LogP contribution is -2.53. The van der Waals surface area contributed by atoms with Crippen molar-refractivity contribution in [2.45, 2.75) is 43.2 Å². The highest BCUT2D eigenvalue weighted by molar-refractivity contribution is 7.89. The molecule has 1 aliphatic rings. The molecule has 2 amide bonds. The Labute approximate surface area is 223 Å². The van der Waals surface area contributed by atoms with Gasteiger partial charge in [-0.25, -0.2) is 8.42 Å². The number of piperidine rings is 1. The van der Waals surface area contributed by atoms with E-state index in [9.17, 15) is 18.0 Å². The van der Waals surface area contributed by atoms with E-state index in [-0.39, 0.29) is 42.3 Å². The molecular formula is C28H33N3O6S. The molecule has 38 heavy (non-hydrogen) atoms. The Morgan fingerprint density at radius 2 is 1.71 bits per heavy atom. The molecule has 2 N–H and O–H groups in total. The van der Waals surface area contributed by atoms with Crippen molar-refractivity contribution in [2.75, 3.05) is 27.3 Å². The maximum absolute atomic E-state index is 13.4. The first-order valence-electron chi connectivity index (χ1n) is 12.5. The molecule has 4 rings (SSSR count). The molecule has 0 saturated carbocycles.